The minimum absolute atomic E-state index is 0.0833. The summed E-state index contributed by atoms with van der Waals surface area (Å²) >= 11 is 1.52. The molecule has 0 radical (unpaired) electrons. The maximum atomic E-state index is 10.8. The SMILES string of the molecule is C=CCn1c(COc2cc(C)ccc2C(C)C)nnc1SCc1ccc([N+](=O)[O-])cc1. The molecule has 0 saturated heterocycles. The third-order valence-corrected chi connectivity index (χ3v) is 5.81. The number of aromatic nitrogens is 3. The van der Waals surface area contributed by atoms with E-state index in [-0.39, 0.29) is 5.69 Å². The summed E-state index contributed by atoms with van der Waals surface area (Å²) in [6, 6.07) is 12.8. The summed E-state index contributed by atoms with van der Waals surface area (Å²) in [6.07, 6.45) is 1.80. The minimum Gasteiger partial charge on any atom is -0.485 e. The Morgan fingerprint density at radius 2 is 1.97 bits per heavy atom. The number of nitrogens with zero attached hydrogens (tertiary/aromatic N) is 4. The Bertz CT molecular complexity index is 1060. The van der Waals surface area contributed by atoms with Crippen molar-refractivity contribution in [2.24, 2.45) is 0 Å². The van der Waals surface area contributed by atoms with Crippen LogP contribution in [0.25, 0.3) is 0 Å². The molecule has 2 aromatic carbocycles. The van der Waals surface area contributed by atoms with E-state index < -0.39 is 4.92 Å². The van der Waals surface area contributed by atoms with E-state index in [1.807, 2.05) is 17.6 Å². The highest BCUT2D eigenvalue weighted by Crippen LogP contribution is 2.29. The Kier molecular flexibility index (Phi) is 7.46. The van der Waals surface area contributed by atoms with Crippen molar-refractivity contribution in [1.29, 1.82) is 0 Å². The van der Waals surface area contributed by atoms with Crippen LogP contribution in [-0.2, 0) is 18.9 Å². The van der Waals surface area contributed by atoms with Crippen molar-refractivity contribution in [2.75, 3.05) is 0 Å². The number of aryl methyl sites for hydroxylation is 1. The van der Waals surface area contributed by atoms with Gasteiger partial charge in [0, 0.05) is 24.4 Å². The molecule has 0 N–H and O–H groups in total. The van der Waals surface area contributed by atoms with E-state index in [0.717, 1.165) is 33.4 Å². The van der Waals surface area contributed by atoms with Crippen molar-refractivity contribution in [3.8, 4) is 5.75 Å². The molecule has 1 heterocycles. The topological polar surface area (TPSA) is 83.1 Å². The number of nitro groups is 1. The van der Waals surface area contributed by atoms with Crippen molar-refractivity contribution < 1.29 is 9.66 Å². The van der Waals surface area contributed by atoms with Gasteiger partial charge in [0.1, 0.15) is 12.4 Å². The van der Waals surface area contributed by atoms with Crippen LogP contribution in [0.4, 0.5) is 5.69 Å². The van der Waals surface area contributed by atoms with Crippen LogP contribution in [0, 0.1) is 17.0 Å². The van der Waals surface area contributed by atoms with E-state index in [9.17, 15) is 10.1 Å². The van der Waals surface area contributed by atoms with Gasteiger partial charge in [0.25, 0.3) is 5.69 Å². The first-order valence-corrected chi connectivity index (χ1v) is 11.0. The van der Waals surface area contributed by atoms with E-state index in [0.29, 0.717) is 24.8 Å². The first kappa shape index (κ1) is 22.6. The molecule has 3 aromatic rings. The molecular weight excluding hydrogens is 412 g/mol. The molecule has 0 amide bonds. The van der Waals surface area contributed by atoms with Gasteiger partial charge < -0.3 is 4.74 Å². The number of benzene rings is 2. The Balaban J connectivity index is 1.72. The Morgan fingerprint density at radius 1 is 1.23 bits per heavy atom. The van der Waals surface area contributed by atoms with Gasteiger partial charge in [0.2, 0.25) is 0 Å². The van der Waals surface area contributed by atoms with Gasteiger partial charge >= 0.3 is 0 Å². The first-order valence-electron chi connectivity index (χ1n) is 10.0. The van der Waals surface area contributed by atoms with Crippen molar-refractivity contribution >= 4 is 17.4 Å². The average molecular weight is 439 g/mol. The second kappa shape index (κ2) is 10.3. The molecular formula is C23H26N4O3S. The van der Waals surface area contributed by atoms with Crippen LogP contribution in [-0.4, -0.2) is 19.7 Å². The second-order valence-corrected chi connectivity index (χ2v) is 8.44. The number of nitro benzene ring substituents is 1. The van der Waals surface area contributed by atoms with Crippen LogP contribution >= 0.6 is 11.8 Å². The number of thioether (sulfide) groups is 1. The van der Waals surface area contributed by atoms with Gasteiger partial charge in [-0.05, 0) is 35.6 Å². The minimum atomic E-state index is -0.400. The van der Waals surface area contributed by atoms with E-state index in [4.69, 9.17) is 4.74 Å². The van der Waals surface area contributed by atoms with Crippen molar-refractivity contribution in [1.82, 2.24) is 14.8 Å². The van der Waals surface area contributed by atoms with Crippen molar-refractivity contribution in [2.45, 2.75) is 50.8 Å². The van der Waals surface area contributed by atoms with Gasteiger partial charge in [-0.15, -0.1) is 16.8 Å². The molecule has 31 heavy (non-hydrogen) atoms. The highest BCUT2D eigenvalue weighted by molar-refractivity contribution is 7.98. The normalized spacial score (nSPS) is 11.0. The van der Waals surface area contributed by atoms with Crippen LogP contribution in [0.3, 0.4) is 0 Å². The first-order chi connectivity index (χ1) is 14.9. The van der Waals surface area contributed by atoms with Crippen molar-refractivity contribution in [3.63, 3.8) is 0 Å². The predicted octanol–water partition coefficient (Wildman–Crippen LogP) is 5.68. The number of non-ortho nitro benzene ring substituents is 1. The van der Waals surface area contributed by atoms with Gasteiger partial charge in [0.05, 0.1) is 4.92 Å². The molecule has 162 valence electrons. The monoisotopic (exact) mass is 438 g/mol. The van der Waals surface area contributed by atoms with Gasteiger partial charge in [-0.3, -0.25) is 14.7 Å². The lowest BCUT2D eigenvalue weighted by Crippen LogP contribution is -2.08. The van der Waals surface area contributed by atoms with Crippen LogP contribution in [0.15, 0.2) is 60.3 Å². The third kappa shape index (κ3) is 5.73. The second-order valence-electron chi connectivity index (χ2n) is 7.49. The maximum absolute atomic E-state index is 10.8. The smallest absolute Gasteiger partial charge is 0.269 e. The molecule has 0 fully saturated rings. The lowest BCUT2D eigenvalue weighted by atomic mass is 10.0. The molecule has 7 nitrogen and oxygen atoms in total. The van der Waals surface area contributed by atoms with Crippen LogP contribution < -0.4 is 4.74 Å². The Labute approximate surface area is 186 Å². The largest absolute Gasteiger partial charge is 0.485 e. The average Bonchev–Trinajstić information content (AvgIpc) is 3.12. The maximum Gasteiger partial charge on any atom is 0.269 e. The van der Waals surface area contributed by atoms with Crippen molar-refractivity contribution in [3.05, 3.63) is 87.7 Å². The third-order valence-electron chi connectivity index (χ3n) is 4.77. The fourth-order valence-corrected chi connectivity index (χ4v) is 4.02. The van der Waals surface area contributed by atoms with Gasteiger partial charge in [0.15, 0.2) is 11.0 Å². The highest BCUT2D eigenvalue weighted by Gasteiger charge is 2.15. The fourth-order valence-electron chi connectivity index (χ4n) is 3.09. The van der Waals surface area contributed by atoms with E-state index in [1.165, 1.54) is 23.9 Å². The van der Waals surface area contributed by atoms with E-state index >= 15 is 0 Å². The quantitative estimate of drug-likeness (QED) is 0.175. The van der Waals surface area contributed by atoms with Gasteiger partial charge in [-0.25, -0.2) is 0 Å². The summed E-state index contributed by atoms with van der Waals surface area (Å²) in [5.74, 6) is 2.57. The lowest BCUT2D eigenvalue weighted by Gasteiger charge is -2.15. The highest BCUT2D eigenvalue weighted by atomic mass is 32.2. The summed E-state index contributed by atoms with van der Waals surface area (Å²) in [5.41, 5.74) is 3.36. The molecule has 0 atom stereocenters. The molecule has 0 aliphatic carbocycles. The lowest BCUT2D eigenvalue weighted by molar-refractivity contribution is -0.384. The standard InChI is InChI=1S/C23H26N4O3S/c1-5-12-26-22(14-30-21-13-17(4)6-11-20(21)16(2)3)24-25-23(26)31-15-18-7-9-19(10-8-18)27(28)29/h5-11,13,16H,1,12,14-15H2,2-4H3. The summed E-state index contributed by atoms with van der Waals surface area (Å²) < 4.78 is 8.11. The summed E-state index contributed by atoms with van der Waals surface area (Å²) in [4.78, 5) is 10.4. The fraction of sp³-hybridized carbons (Fsp3) is 0.304. The molecule has 1 aromatic heterocycles. The zero-order valence-electron chi connectivity index (χ0n) is 17.9. The zero-order chi connectivity index (χ0) is 22.4. The van der Waals surface area contributed by atoms with Crippen LogP contribution in [0.1, 0.15) is 42.3 Å². The number of rotatable bonds is 10. The summed E-state index contributed by atoms with van der Waals surface area (Å²) in [5, 5.41) is 20.2. The molecule has 0 unspecified atom stereocenters. The van der Waals surface area contributed by atoms with Crippen LogP contribution in [0.2, 0.25) is 0 Å². The molecule has 0 saturated carbocycles. The molecule has 0 aliphatic heterocycles. The number of hydrogen-bond donors (Lipinski definition) is 0. The molecule has 0 spiro atoms. The van der Waals surface area contributed by atoms with Gasteiger partial charge in [-0.2, -0.15) is 0 Å². The Morgan fingerprint density at radius 3 is 2.61 bits per heavy atom. The van der Waals surface area contributed by atoms with Gasteiger partial charge in [-0.1, -0.05) is 56.0 Å². The summed E-state index contributed by atoms with van der Waals surface area (Å²) in [6.45, 7) is 11.0. The van der Waals surface area contributed by atoms with E-state index in [2.05, 4.69) is 42.8 Å². The number of allylic oxidation sites excluding steroid dienone is 1. The molecule has 0 bridgehead atoms. The summed E-state index contributed by atoms with van der Waals surface area (Å²) in [7, 11) is 0. The molecule has 8 heteroatoms. The number of hydrogen-bond acceptors (Lipinski definition) is 6. The predicted molar refractivity (Wildman–Crippen MR) is 122 cm³/mol. The zero-order valence-corrected chi connectivity index (χ0v) is 18.8. The van der Waals surface area contributed by atoms with E-state index in [1.54, 1.807) is 18.2 Å². The molecule has 3 rings (SSSR count). The Hall–Kier alpha value is -3.13. The van der Waals surface area contributed by atoms with Crippen LogP contribution in [0.5, 0.6) is 5.75 Å². The number of ether oxygens (including phenoxy) is 1. The molecule has 0 aliphatic rings.